The van der Waals surface area contributed by atoms with E-state index < -0.39 is 0 Å². The monoisotopic (exact) mass is 224 g/mol. The van der Waals surface area contributed by atoms with Gasteiger partial charge in [-0.05, 0) is 58.6 Å². The molecule has 0 spiro atoms. The Balaban J connectivity index is 2.09. The summed E-state index contributed by atoms with van der Waals surface area (Å²) in [5.41, 5.74) is 0. The Bertz CT molecular complexity index is 283. The van der Waals surface area contributed by atoms with Gasteiger partial charge in [0, 0.05) is 0 Å². The van der Waals surface area contributed by atoms with Gasteiger partial charge in [-0.25, -0.2) is 0 Å². The maximum atomic E-state index is 5.55. The summed E-state index contributed by atoms with van der Waals surface area (Å²) >= 11 is 0. The van der Waals surface area contributed by atoms with E-state index in [9.17, 15) is 0 Å². The number of nitrogens with one attached hydrogen (secondary N) is 1. The Morgan fingerprint density at radius 2 is 2.12 bits per heavy atom. The minimum absolute atomic E-state index is 0.912. The predicted molar refractivity (Wildman–Crippen MR) is 67.6 cm³/mol. The van der Waals surface area contributed by atoms with E-state index in [1.807, 2.05) is 13.0 Å². The molecule has 1 aromatic heterocycles. The Kier molecular flexibility index (Phi) is 6.19. The molecule has 0 unspecified atom stereocenters. The fraction of sp³-hybridized carbons (Fsp3) is 0.692. The molecule has 16 heavy (non-hydrogen) atoms. The summed E-state index contributed by atoms with van der Waals surface area (Å²) in [4.78, 5) is 2.31. The van der Waals surface area contributed by atoms with Gasteiger partial charge in [-0.2, -0.15) is 0 Å². The van der Waals surface area contributed by atoms with Crippen LogP contribution in [0.1, 0.15) is 31.3 Å². The number of furan rings is 1. The third-order valence-electron chi connectivity index (χ3n) is 2.62. The van der Waals surface area contributed by atoms with Crippen molar-refractivity contribution in [2.45, 2.75) is 33.2 Å². The SMILES string of the molecule is CCNCCCCN(C)Cc1ccc(C)o1. The van der Waals surface area contributed by atoms with Crippen molar-refractivity contribution in [3.8, 4) is 0 Å². The molecule has 1 N–H and O–H groups in total. The first-order chi connectivity index (χ1) is 7.72. The molecule has 0 aliphatic heterocycles. The molecule has 3 heteroatoms. The number of hydrogen-bond acceptors (Lipinski definition) is 3. The summed E-state index contributed by atoms with van der Waals surface area (Å²) in [6.07, 6.45) is 2.48. The highest BCUT2D eigenvalue weighted by molar-refractivity contribution is 5.05. The first-order valence-corrected chi connectivity index (χ1v) is 6.17. The quantitative estimate of drug-likeness (QED) is 0.687. The number of nitrogens with zero attached hydrogens (tertiary/aromatic N) is 1. The van der Waals surface area contributed by atoms with Crippen LogP contribution >= 0.6 is 0 Å². The molecule has 3 nitrogen and oxygen atoms in total. The molecular formula is C13H24N2O. The lowest BCUT2D eigenvalue weighted by atomic mass is 10.3. The van der Waals surface area contributed by atoms with E-state index in [4.69, 9.17) is 4.42 Å². The standard InChI is InChI=1S/C13H24N2O/c1-4-14-9-5-6-10-15(3)11-13-8-7-12(2)16-13/h7-8,14H,4-6,9-11H2,1-3H3. The first kappa shape index (κ1) is 13.3. The van der Waals surface area contributed by atoms with E-state index in [0.717, 1.165) is 37.7 Å². The predicted octanol–water partition coefficient (Wildman–Crippen LogP) is 2.41. The smallest absolute Gasteiger partial charge is 0.118 e. The summed E-state index contributed by atoms with van der Waals surface area (Å²) in [5, 5.41) is 3.34. The molecule has 0 aliphatic carbocycles. The molecule has 1 heterocycles. The van der Waals surface area contributed by atoms with Crippen LogP contribution in [0.15, 0.2) is 16.5 Å². The number of aryl methyl sites for hydroxylation is 1. The van der Waals surface area contributed by atoms with Gasteiger partial charge in [0.15, 0.2) is 0 Å². The lowest BCUT2D eigenvalue weighted by Crippen LogP contribution is -2.20. The maximum absolute atomic E-state index is 5.55. The van der Waals surface area contributed by atoms with Crippen molar-refractivity contribution in [1.29, 1.82) is 0 Å². The largest absolute Gasteiger partial charge is 0.465 e. The molecule has 0 amide bonds. The van der Waals surface area contributed by atoms with E-state index in [2.05, 4.69) is 30.3 Å². The van der Waals surface area contributed by atoms with Crippen LogP contribution in [0.25, 0.3) is 0 Å². The molecule has 1 rings (SSSR count). The zero-order valence-corrected chi connectivity index (χ0v) is 10.8. The van der Waals surface area contributed by atoms with Crippen LogP contribution in [0.5, 0.6) is 0 Å². The molecule has 0 fully saturated rings. The van der Waals surface area contributed by atoms with Crippen molar-refractivity contribution in [2.75, 3.05) is 26.7 Å². The van der Waals surface area contributed by atoms with Gasteiger partial charge in [0.1, 0.15) is 11.5 Å². The minimum Gasteiger partial charge on any atom is -0.465 e. The van der Waals surface area contributed by atoms with Gasteiger partial charge in [-0.3, -0.25) is 4.90 Å². The van der Waals surface area contributed by atoms with Crippen LogP contribution < -0.4 is 5.32 Å². The van der Waals surface area contributed by atoms with Crippen molar-refractivity contribution < 1.29 is 4.42 Å². The normalized spacial score (nSPS) is 11.2. The van der Waals surface area contributed by atoms with Crippen molar-refractivity contribution >= 4 is 0 Å². The van der Waals surface area contributed by atoms with E-state index in [1.54, 1.807) is 0 Å². The fourth-order valence-corrected chi connectivity index (χ4v) is 1.72. The summed E-state index contributed by atoms with van der Waals surface area (Å²) in [5.74, 6) is 2.06. The average Bonchev–Trinajstić information content (AvgIpc) is 2.63. The number of rotatable bonds is 8. The molecular weight excluding hydrogens is 200 g/mol. The summed E-state index contributed by atoms with van der Waals surface area (Å²) in [7, 11) is 2.14. The Hall–Kier alpha value is -0.800. The van der Waals surface area contributed by atoms with Gasteiger partial charge < -0.3 is 9.73 Å². The van der Waals surface area contributed by atoms with E-state index in [1.165, 1.54) is 12.8 Å². The summed E-state index contributed by atoms with van der Waals surface area (Å²) in [6.45, 7) is 8.37. The van der Waals surface area contributed by atoms with Gasteiger partial charge in [0.25, 0.3) is 0 Å². The Morgan fingerprint density at radius 1 is 1.31 bits per heavy atom. The van der Waals surface area contributed by atoms with Gasteiger partial charge in [-0.15, -0.1) is 0 Å². The van der Waals surface area contributed by atoms with Gasteiger partial charge in [0.2, 0.25) is 0 Å². The van der Waals surface area contributed by atoms with Crippen LogP contribution in [0, 0.1) is 6.92 Å². The van der Waals surface area contributed by atoms with Crippen LogP contribution in [0.3, 0.4) is 0 Å². The number of hydrogen-bond donors (Lipinski definition) is 1. The lowest BCUT2D eigenvalue weighted by molar-refractivity contribution is 0.286. The second kappa shape index (κ2) is 7.47. The van der Waals surface area contributed by atoms with Crippen molar-refractivity contribution in [3.05, 3.63) is 23.7 Å². The zero-order valence-electron chi connectivity index (χ0n) is 10.8. The Labute approximate surface area is 98.8 Å². The Morgan fingerprint density at radius 3 is 2.75 bits per heavy atom. The van der Waals surface area contributed by atoms with Crippen LogP contribution in [-0.2, 0) is 6.54 Å². The molecule has 92 valence electrons. The van der Waals surface area contributed by atoms with E-state index in [-0.39, 0.29) is 0 Å². The maximum Gasteiger partial charge on any atom is 0.118 e. The van der Waals surface area contributed by atoms with Crippen molar-refractivity contribution in [3.63, 3.8) is 0 Å². The number of unbranched alkanes of at least 4 members (excludes halogenated alkanes) is 1. The molecule has 0 saturated heterocycles. The third-order valence-corrected chi connectivity index (χ3v) is 2.62. The topological polar surface area (TPSA) is 28.4 Å². The molecule has 0 atom stereocenters. The van der Waals surface area contributed by atoms with Gasteiger partial charge in [-0.1, -0.05) is 6.92 Å². The average molecular weight is 224 g/mol. The van der Waals surface area contributed by atoms with Crippen molar-refractivity contribution in [1.82, 2.24) is 10.2 Å². The molecule has 0 radical (unpaired) electrons. The third kappa shape index (κ3) is 5.33. The van der Waals surface area contributed by atoms with Gasteiger partial charge >= 0.3 is 0 Å². The fourth-order valence-electron chi connectivity index (χ4n) is 1.72. The van der Waals surface area contributed by atoms with Crippen LogP contribution in [0.4, 0.5) is 0 Å². The minimum atomic E-state index is 0.912. The molecule has 0 bridgehead atoms. The first-order valence-electron chi connectivity index (χ1n) is 6.17. The van der Waals surface area contributed by atoms with Crippen LogP contribution in [-0.4, -0.2) is 31.6 Å². The molecule has 0 aromatic carbocycles. The van der Waals surface area contributed by atoms with E-state index >= 15 is 0 Å². The highest BCUT2D eigenvalue weighted by Gasteiger charge is 2.03. The van der Waals surface area contributed by atoms with Crippen molar-refractivity contribution in [2.24, 2.45) is 0 Å². The second-order valence-corrected chi connectivity index (χ2v) is 4.31. The summed E-state index contributed by atoms with van der Waals surface area (Å²) < 4.78 is 5.55. The summed E-state index contributed by atoms with van der Waals surface area (Å²) in [6, 6.07) is 4.08. The van der Waals surface area contributed by atoms with E-state index in [0.29, 0.717) is 0 Å². The zero-order chi connectivity index (χ0) is 11.8. The molecule has 0 saturated carbocycles. The lowest BCUT2D eigenvalue weighted by Gasteiger charge is -2.14. The highest BCUT2D eigenvalue weighted by Crippen LogP contribution is 2.08. The van der Waals surface area contributed by atoms with Gasteiger partial charge in [0.05, 0.1) is 6.54 Å². The molecule has 1 aromatic rings. The van der Waals surface area contributed by atoms with Crippen LogP contribution in [0.2, 0.25) is 0 Å². The molecule has 0 aliphatic rings. The highest BCUT2D eigenvalue weighted by atomic mass is 16.3. The second-order valence-electron chi connectivity index (χ2n) is 4.31.